The standard InChI is InChI=1S/C16H27NO3/c1-5-9-19-15-8-7-13(14(17-3)12-18-4)11-16(15)20-10-6-2/h7-8,11,14,17H,5-6,9-10,12H2,1-4H3. The minimum atomic E-state index is 0.157. The second-order valence-electron chi connectivity index (χ2n) is 4.70. The van der Waals surface area contributed by atoms with Crippen LogP contribution in [-0.4, -0.2) is 34.0 Å². The molecule has 4 nitrogen and oxygen atoms in total. The Kier molecular flexibility index (Phi) is 8.07. The molecule has 114 valence electrons. The molecule has 1 atom stereocenters. The highest BCUT2D eigenvalue weighted by atomic mass is 16.5. The zero-order valence-corrected chi connectivity index (χ0v) is 13.1. The van der Waals surface area contributed by atoms with Gasteiger partial charge in [0.15, 0.2) is 11.5 Å². The van der Waals surface area contributed by atoms with Crippen LogP contribution in [0.2, 0.25) is 0 Å². The molecule has 0 aliphatic heterocycles. The molecule has 20 heavy (non-hydrogen) atoms. The number of rotatable bonds is 10. The fraction of sp³-hybridized carbons (Fsp3) is 0.625. The van der Waals surface area contributed by atoms with Crippen LogP contribution in [0, 0.1) is 0 Å². The Balaban J connectivity index is 2.92. The van der Waals surface area contributed by atoms with E-state index in [9.17, 15) is 0 Å². The first kappa shape index (κ1) is 16.8. The number of nitrogens with one attached hydrogen (secondary N) is 1. The topological polar surface area (TPSA) is 39.7 Å². The molecule has 0 saturated heterocycles. The first-order valence-electron chi connectivity index (χ1n) is 7.32. The van der Waals surface area contributed by atoms with E-state index in [4.69, 9.17) is 14.2 Å². The molecule has 0 fully saturated rings. The van der Waals surface area contributed by atoms with E-state index >= 15 is 0 Å². The minimum absolute atomic E-state index is 0.157. The van der Waals surface area contributed by atoms with E-state index in [-0.39, 0.29) is 6.04 Å². The van der Waals surface area contributed by atoms with Crippen LogP contribution in [-0.2, 0) is 4.74 Å². The zero-order valence-electron chi connectivity index (χ0n) is 13.1. The Morgan fingerprint density at radius 2 is 1.70 bits per heavy atom. The average molecular weight is 281 g/mol. The van der Waals surface area contributed by atoms with Crippen LogP contribution in [0.4, 0.5) is 0 Å². The van der Waals surface area contributed by atoms with E-state index in [0.29, 0.717) is 19.8 Å². The normalized spacial score (nSPS) is 12.2. The molecule has 0 heterocycles. The van der Waals surface area contributed by atoms with Gasteiger partial charge in [-0.25, -0.2) is 0 Å². The summed E-state index contributed by atoms with van der Waals surface area (Å²) < 4.78 is 16.8. The van der Waals surface area contributed by atoms with Crippen molar-refractivity contribution in [3.05, 3.63) is 23.8 Å². The van der Waals surface area contributed by atoms with Gasteiger partial charge >= 0.3 is 0 Å². The number of hydrogen-bond acceptors (Lipinski definition) is 4. The summed E-state index contributed by atoms with van der Waals surface area (Å²) in [6.07, 6.45) is 1.96. The fourth-order valence-corrected chi connectivity index (χ4v) is 1.91. The fourth-order valence-electron chi connectivity index (χ4n) is 1.91. The summed E-state index contributed by atoms with van der Waals surface area (Å²) in [7, 11) is 3.63. The monoisotopic (exact) mass is 281 g/mol. The number of likely N-dealkylation sites (N-methyl/N-ethyl adjacent to an activating group) is 1. The smallest absolute Gasteiger partial charge is 0.161 e. The average Bonchev–Trinajstić information content (AvgIpc) is 2.49. The van der Waals surface area contributed by atoms with Crippen molar-refractivity contribution in [2.24, 2.45) is 0 Å². The van der Waals surface area contributed by atoms with Crippen molar-refractivity contribution in [1.82, 2.24) is 5.32 Å². The van der Waals surface area contributed by atoms with Gasteiger partial charge in [-0.05, 0) is 37.6 Å². The maximum absolute atomic E-state index is 5.80. The lowest BCUT2D eigenvalue weighted by Crippen LogP contribution is -2.21. The SMILES string of the molecule is CCCOc1ccc(C(COC)NC)cc1OCCC. The van der Waals surface area contributed by atoms with Crippen LogP contribution >= 0.6 is 0 Å². The Morgan fingerprint density at radius 1 is 1.05 bits per heavy atom. The summed E-state index contributed by atoms with van der Waals surface area (Å²) in [4.78, 5) is 0. The van der Waals surface area contributed by atoms with Gasteiger partial charge in [0.2, 0.25) is 0 Å². The molecule has 1 unspecified atom stereocenters. The molecule has 0 aromatic heterocycles. The molecule has 0 radical (unpaired) electrons. The van der Waals surface area contributed by atoms with E-state index < -0.39 is 0 Å². The molecule has 0 saturated carbocycles. The van der Waals surface area contributed by atoms with Crippen LogP contribution in [0.3, 0.4) is 0 Å². The molecule has 0 aliphatic carbocycles. The maximum atomic E-state index is 5.80. The van der Waals surface area contributed by atoms with Crippen molar-refractivity contribution < 1.29 is 14.2 Å². The number of ether oxygens (including phenoxy) is 3. The molecule has 0 amide bonds. The van der Waals surface area contributed by atoms with Crippen molar-refractivity contribution in [2.45, 2.75) is 32.7 Å². The quantitative estimate of drug-likeness (QED) is 0.715. The van der Waals surface area contributed by atoms with Gasteiger partial charge in [0, 0.05) is 7.11 Å². The van der Waals surface area contributed by atoms with E-state index in [2.05, 4.69) is 25.2 Å². The summed E-state index contributed by atoms with van der Waals surface area (Å²) in [5, 5.41) is 3.24. The molecular weight excluding hydrogens is 254 g/mol. The van der Waals surface area contributed by atoms with Crippen molar-refractivity contribution in [1.29, 1.82) is 0 Å². The molecule has 1 aromatic rings. The third kappa shape index (κ3) is 5.02. The number of methoxy groups -OCH3 is 1. The first-order valence-corrected chi connectivity index (χ1v) is 7.32. The third-order valence-corrected chi connectivity index (χ3v) is 2.98. The summed E-state index contributed by atoms with van der Waals surface area (Å²) >= 11 is 0. The highest BCUT2D eigenvalue weighted by Crippen LogP contribution is 2.31. The van der Waals surface area contributed by atoms with Gasteiger partial charge < -0.3 is 19.5 Å². The second kappa shape index (κ2) is 9.61. The molecule has 1 rings (SSSR count). The Hall–Kier alpha value is -1.26. The van der Waals surface area contributed by atoms with Gasteiger partial charge in [0.05, 0.1) is 25.9 Å². The highest BCUT2D eigenvalue weighted by molar-refractivity contribution is 5.44. The van der Waals surface area contributed by atoms with Gasteiger partial charge in [-0.15, -0.1) is 0 Å². The van der Waals surface area contributed by atoms with Crippen LogP contribution in [0.5, 0.6) is 11.5 Å². The van der Waals surface area contributed by atoms with Crippen LogP contribution < -0.4 is 14.8 Å². The largest absolute Gasteiger partial charge is 0.490 e. The number of benzene rings is 1. The second-order valence-corrected chi connectivity index (χ2v) is 4.70. The van der Waals surface area contributed by atoms with Crippen molar-refractivity contribution in [2.75, 3.05) is 34.0 Å². The van der Waals surface area contributed by atoms with Crippen LogP contribution in [0.25, 0.3) is 0 Å². The Labute approximate surface area is 122 Å². The molecule has 4 heteroatoms. The van der Waals surface area contributed by atoms with Crippen molar-refractivity contribution >= 4 is 0 Å². The van der Waals surface area contributed by atoms with E-state index in [1.54, 1.807) is 7.11 Å². The lowest BCUT2D eigenvalue weighted by atomic mass is 10.1. The van der Waals surface area contributed by atoms with Gasteiger partial charge in [0.25, 0.3) is 0 Å². The third-order valence-electron chi connectivity index (χ3n) is 2.98. The Morgan fingerprint density at radius 3 is 2.25 bits per heavy atom. The summed E-state index contributed by atoms with van der Waals surface area (Å²) in [5.41, 5.74) is 1.14. The summed E-state index contributed by atoms with van der Waals surface area (Å²) in [5.74, 6) is 1.63. The summed E-state index contributed by atoms with van der Waals surface area (Å²) in [6.45, 7) is 6.21. The molecular formula is C16H27NO3. The zero-order chi connectivity index (χ0) is 14.8. The molecule has 1 aromatic carbocycles. The first-order chi connectivity index (χ1) is 9.76. The van der Waals surface area contributed by atoms with E-state index in [1.165, 1.54) is 0 Å². The Bertz CT molecular complexity index is 382. The van der Waals surface area contributed by atoms with Crippen molar-refractivity contribution in [3.63, 3.8) is 0 Å². The van der Waals surface area contributed by atoms with Crippen LogP contribution in [0.1, 0.15) is 38.3 Å². The molecule has 1 N–H and O–H groups in total. The van der Waals surface area contributed by atoms with Gasteiger partial charge in [0.1, 0.15) is 0 Å². The predicted octanol–water partition coefficient (Wildman–Crippen LogP) is 3.17. The predicted molar refractivity (Wildman–Crippen MR) is 81.7 cm³/mol. The van der Waals surface area contributed by atoms with Crippen LogP contribution in [0.15, 0.2) is 18.2 Å². The minimum Gasteiger partial charge on any atom is -0.490 e. The lowest BCUT2D eigenvalue weighted by Gasteiger charge is -2.18. The molecule has 0 aliphatic rings. The number of hydrogen-bond donors (Lipinski definition) is 1. The van der Waals surface area contributed by atoms with Gasteiger partial charge in [-0.3, -0.25) is 0 Å². The van der Waals surface area contributed by atoms with E-state index in [1.807, 2.05) is 19.2 Å². The summed E-state index contributed by atoms with van der Waals surface area (Å²) in [6, 6.07) is 6.24. The van der Waals surface area contributed by atoms with E-state index in [0.717, 1.165) is 29.9 Å². The van der Waals surface area contributed by atoms with Crippen molar-refractivity contribution in [3.8, 4) is 11.5 Å². The van der Waals surface area contributed by atoms with Gasteiger partial charge in [-0.1, -0.05) is 19.9 Å². The highest BCUT2D eigenvalue weighted by Gasteiger charge is 2.13. The van der Waals surface area contributed by atoms with Gasteiger partial charge in [-0.2, -0.15) is 0 Å². The molecule has 0 bridgehead atoms. The lowest BCUT2D eigenvalue weighted by molar-refractivity contribution is 0.170. The maximum Gasteiger partial charge on any atom is 0.161 e. The molecule has 0 spiro atoms.